The highest BCUT2D eigenvalue weighted by atomic mass is 16.3. The molecule has 2 fully saturated rings. The van der Waals surface area contributed by atoms with Crippen LogP contribution in [0, 0.1) is 5.92 Å². The second kappa shape index (κ2) is 7.28. The number of hydrogen-bond acceptors (Lipinski definition) is 2. The summed E-state index contributed by atoms with van der Waals surface area (Å²) >= 11 is 0. The largest absolute Gasteiger partial charge is 0.396 e. The van der Waals surface area contributed by atoms with Gasteiger partial charge in [0.15, 0.2) is 0 Å². The molecule has 1 aliphatic carbocycles. The van der Waals surface area contributed by atoms with Gasteiger partial charge in [0.25, 0.3) is 5.91 Å². The Hall–Kier alpha value is -1.35. The van der Waals surface area contributed by atoms with Crippen LogP contribution in [-0.2, 0) is 0 Å². The second-order valence-electron chi connectivity index (χ2n) is 6.88. The first-order valence-electron chi connectivity index (χ1n) is 8.78. The molecule has 3 nitrogen and oxygen atoms in total. The van der Waals surface area contributed by atoms with Gasteiger partial charge in [0.1, 0.15) is 0 Å². The van der Waals surface area contributed by atoms with E-state index in [1.54, 1.807) is 0 Å². The molecule has 2 aliphatic rings. The van der Waals surface area contributed by atoms with E-state index in [1.807, 2.05) is 17.0 Å². The number of nitrogens with zero attached hydrogens (tertiary/aromatic N) is 1. The van der Waals surface area contributed by atoms with Gasteiger partial charge in [0.2, 0.25) is 0 Å². The SMILES string of the molecule is O=C(c1ccc(C2CCCCC2)cc1)N1CCC(CO)CC1. The zero-order valence-electron chi connectivity index (χ0n) is 13.3. The Bertz CT molecular complexity index is 483. The molecule has 22 heavy (non-hydrogen) atoms. The number of hydrogen-bond donors (Lipinski definition) is 1. The fraction of sp³-hybridized carbons (Fsp3) is 0.632. The van der Waals surface area contributed by atoms with Gasteiger partial charge in [0, 0.05) is 25.3 Å². The van der Waals surface area contributed by atoms with Crippen LogP contribution >= 0.6 is 0 Å². The molecule has 0 radical (unpaired) electrons. The van der Waals surface area contributed by atoms with Gasteiger partial charge in [-0.1, -0.05) is 31.4 Å². The van der Waals surface area contributed by atoms with Crippen LogP contribution in [0.25, 0.3) is 0 Å². The van der Waals surface area contributed by atoms with Crippen LogP contribution in [0.1, 0.15) is 66.8 Å². The predicted molar refractivity (Wildman–Crippen MR) is 88.0 cm³/mol. The summed E-state index contributed by atoms with van der Waals surface area (Å²) in [6.07, 6.45) is 8.47. The van der Waals surface area contributed by atoms with Crippen LogP contribution < -0.4 is 0 Å². The fourth-order valence-electron chi connectivity index (χ4n) is 3.83. The summed E-state index contributed by atoms with van der Waals surface area (Å²) < 4.78 is 0. The molecule has 1 aliphatic heterocycles. The maximum Gasteiger partial charge on any atom is 0.253 e. The third-order valence-corrected chi connectivity index (χ3v) is 5.39. The van der Waals surface area contributed by atoms with E-state index in [2.05, 4.69) is 12.1 Å². The molecule has 1 aromatic rings. The summed E-state index contributed by atoms with van der Waals surface area (Å²) in [5.41, 5.74) is 2.21. The smallest absolute Gasteiger partial charge is 0.253 e. The summed E-state index contributed by atoms with van der Waals surface area (Å²) in [6.45, 7) is 1.79. The normalized spacial score (nSPS) is 21.0. The molecule has 0 aromatic heterocycles. The Morgan fingerprint density at radius 1 is 1.00 bits per heavy atom. The zero-order chi connectivity index (χ0) is 15.4. The Balaban J connectivity index is 1.61. The van der Waals surface area contributed by atoms with Gasteiger partial charge >= 0.3 is 0 Å². The van der Waals surface area contributed by atoms with Crippen molar-refractivity contribution in [1.29, 1.82) is 0 Å². The molecule has 1 saturated heterocycles. The predicted octanol–water partition coefficient (Wildman–Crippen LogP) is 3.58. The molecule has 1 amide bonds. The number of aliphatic hydroxyl groups is 1. The van der Waals surface area contributed by atoms with Crippen LogP contribution in [-0.4, -0.2) is 35.6 Å². The summed E-state index contributed by atoms with van der Waals surface area (Å²) in [5, 5.41) is 9.18. The summed E-state index contributed by atoms with van der Waals surface area (Å²) in [5.74, 6) is 1.21. The minimum Gasteiger partial charge on any atom is -0.396 e. The van der Waals surface area contributed by atoms with Crippen molar-refractivity contribution in [3.8, 4) is 0 Å². The van der Waals surface area contributed by atoms with Crippen molar-refractivity contribution in [2.24, 2.45) is 5.92 Å². The van der Waals surface area contributed by atoms with E-state index >= 15 is 0 Å². The van der Waals surface area contributed by atoms with Crippen molar-refractivity contribution in [2.45, 2.75) is 50.9 Å². The molecule has 0 bridgehead atoms. The lowest BCUT2D eigenvalue weighted by Gasteiger charge is -2.31. The molecular weight excluding hydrogens is 274 g/mol. The van der Waals surface area contributed by atoms with Crippen LogP contribution in [0.15, 0.2) is 24.3 Å². The van der Waals surface area contributed by atoms with E-state index in [9.17, 15) is 9.90 Å². The molecular formula is C19H27NO2. The van der Waals surface area contributed by atoms with Gasteiger partial charge in [0.05, 0.1) is 0 Å². The van der Waals surface area contributed by atoms with Gasteiger partial charge in [-0.25, -0.2) is 0 Å². The van der Waals surface area contributed by atoms with Gasteiger partial charge < -0.3 is 10.0 Å². The van der Waals surface area contributed by atoms with Crippen LogP contribution in [0.4, 0.5) is 0 Å². The first-order valence-corrected chi connectivity index (χ1v) is 8.78. The Morgan fingerprint density at radius 2 is 1.64 bits per heavy atom. The third-order valence-electron chi connectivity index (χ3n) is 5.39. The number of carbonyl (C=O) groups is 1. The molecule has 0 unspecified atom stereocenters. The quantitative estimate of drug-likeness (QED) is 0.927. The monoisotopic (exact) mass is 301 g/mol. The van der Waals surface area contributed by atoms with E-state index < -0.39 is 0 Å². The van der Waals surface area contributed by atoms with Crippen LogP contribution in [0.2, 0.25) is 0 Å². The maximum atomic E-state index is 12.5. The number of aliphatic hydroxyl groups excluding tert-OH is 1. The second-order valence-corrected chi connectivity index (χ2v) is 6.88. The van der Waals surface area contributed by atoms with E-state index in [0.29, 0.717) is 11.8 Å². The zero-order valence-corrected chi connectivity index (χ0v) is 13.3. The van der Waals surface area contributed by atoms with E-state index in [1.165, 1.54) is 37.7 Å². The highest BCUT2D eigenvalue weighted by Gasteiger charge is 2.23. The summed E-state index contributed by atoms with van der Waals surface area (Å²) in [4.78, 5) is 14.5. The standard InChI is InChI=1S/C19H27NO2/c21-14-15-10-12-20(13-11-15)19(22)18-8-6-17(7-9-18)16-4-2-1-3-5-16/h6-9,15-16,21H,1-5,10-14H2. The number of amides is 1. The van der Waals surface area contributed by atoms with Gasteiger partial charge in [-0.3, -0.25) is 4.79 Å². The Morgan fingerprint density at radius 3 is 2.23 bits per heavy atom. The summed E-state index contributed by atoms with van der Waals surface area (Å²) in [7, 11) is 0. The lowest BCUT2D eigenvalue weighted by molar-refractivity contribution is 0.0651. The van der Waals surface area contributed by atoms with Crippen molar-refractivity contribution in [1.82, 2.24) is 4.90 Å². The lowest BCUT2D eigenvalue weighted by atomic mass is 9.84. The average molecular weight is 301 g/mol. The van der Waals surface area contributed by atoms with Crippen LogP contribution in [0.3, 0.4) is 0 Å². The number of piperidine rings is 1. The minimum absolute atomic E-state index is 0.145. The van der Waals surface area contributed by atoms with Crippen molar-refractivity contribution >= 4 is 5.91 Å². The molecule has 120 valence electrons. The highest BCUT2D eigenvalue weighted by Crippen LogP contribution is 2.32. The van der Waals surface area contributed by atoms with Crippen molar-refractivity contribution in [3.05, 3.63) is 35.4 Å². The van der Waals surface area contributed by atoms with E-state index in [-0.39, 0.29) is 12.5 Å². The molecule has 1 saturated carbocycles. The molecule has 0 spiro atoms. The highest BCUT2D eigenvalue weighted by molar-refractivity contribution is 5.94. The molecule has 1 N–H and O–H groups in total. The molecule has 1 heterocycles. The number of rotatable bonds is 3. The van der Waals surface area contributed by atoms with Gasteiger partial charge in [-0.2, -0.15) is 0 Å². The molecule has 3 heteroatoms. The van der Waals surface area contributed by atoms with E-state index in [0.717, 1.165) is 31.5 Å². The van der Waals surface area contributed by atoms with Crippen molar-refractivity contribution in [3.63, 3.8) is 0 Å². The lowest BCUT2D eigenvalue weighted by Crippen LogP contribution is -2.39. The maximum absolute atomic E-state index is 12.5. The number of carbonyl (C=O) groups excluding carboxylic acids is 1. The van der Waals surface area contributed by atoms with E-state index in [4.69, 9.17) is 0 Å². The fourth-order valence-corrected chi connectivity index (χ4v) is 3.83. The molecule has 1 aromatic carbocycles. The van der Waals surface area contributed by atoms with Crippen molar-refractivity contribution < 1.29 is 9.90 Å². The van der Waals surface area contributed by atoms with Crippen molar-refractivity contribution in [2.75, 3.05) is 19.7 Å². The minimum atomic E-state index is 0.145. The van der Waals surface area contributed by atoms with Crippen LogP contribution in [0.5, 0.6) is 0 Å². The number of benzene rings is 1. The topological polar surface area (TPSA) is 40.5 Å². The Labute approximate surface area is 133 Å². The third kappa shape index (κ3) is 3.52. The molecule has 3 rings (SSSR count). The van der Waals surface area contributed by atoms with Gasteiger partial charge in [-0.05, 0) is 55.2 Å². The Kier molecular flexibility index (Phi) is 5.14. The number of likely N-dealkylation sites (tertiary alicyclic amines) is 1. The average Bonchev–Trinajstić information content (AvgIpc) is 2.62. The first kappa shape index (κ1) is 15.5. The molecule has 0 atom stereocenters. The van der Waals surface area contributed by atoms with Gasteiger partial charge in [-0.15, -0.1) is 0 Å². The first-order chi connectivity index (χ1) is 10.8. The summed E-state index contributed by atoms with van der Waals surface area (Å²) in [6, 6.07) is 8.32.